The Morgan fingerprint density at radius 2 is 1.90 bits per heavy atom. The topological polar surface area (TPSA) is 38.0 Å². The van der Waals surface area contributed by atoms with Crippen molar-refractivity contribution in [3.05, 3.63) is 28.2 Å². The molecule has 0 spiro atoms. The van der Waals surface area contributed by atoms with Crippen molar-refractivity contribution in [2.24, 2.45) is 11.1 Å². The van der Waals surface area contributed by atoms with Crippen LogP contribution in [0.25, 0.3) is 0 Å². The first kappa shape index (κ1) is 15.8. The second-order valence-corrected chi connectivity index (χ2v) is 8.06. The van der Waals surface area contributed by atoms with Crippen LogP contribution in [0.4, 0.5) is 5.69 Å². The molecule has 1 aromatic rings. The van der Waals surface area contributed by atoms with Crippen LogP contribution >= 0.6 is 15.9 Å². The fourth-order valence-corrected chi connectivity index (χ4v) is 3.84. The molecule has 20 heavy (non-hydrogen) atoms. The summed E-state index contributed by atoms with van der Waals surface area (Å²) in [4.78, 5) is 0. The van der Waals surface area contributed by atoms with Gasteiger partial charge >= 0.3 is 0 Å². The van der Waals surface area contributed by atoms with Crippen molar-refractivity contribution in [1.82, 2.24) is 0 Å². The number of hydrogen-bond acceptors (Lipinski definition) is 2. The second kappa shape index (κ2) is 6.07. The van der Waals surface area contributed by atoms with Crippen LogP contribution in [0.2, 0.25) is 0 Å². The van der Waals surface area contributed by atoms with Crippen molar-refractivity contribution in [1.29, 1.82) is 0 Å². The summed E-state index contributed by atoms with van der Waals surface area (Å²) in [5.74, 6) is 0. The second-order valence-electron chi connectivity index (χ2n) is 7.14. The summed E-state index contributed by atoms with van der Waals surface area (Å²) in [7, 11) is 0. The van der Waals surface area contributed by atoms with Gasteiger partial charge < -0.3 is 11.1 Å². The van der Waals surface area contributed by atoms with E-state index in [0.717, 1.165) is 10.9 Å². The van der Waals surface area contributed by atoms with Gasteiger partial charge in [-0.25, -0.2) is 0 Å². The van der Waals surface area contributed by atoms with Gasteiger partial charge in [-0.2, -0.15) is 0 Å². The zero-order chi connectivity index (χ0) is 14.8. The minimum Gasteiger partial charge on any atom is -0.378 e. The van der Waals surface area contributed by atoms with E-state index in [1.165, 1.54) is 36.9 Å². The summed E-state index contributed by atoms with van der Waals surface area (Å²) < 4.78 is 1.13. The Bertz CT molecular complexity index is 450. The van der Waals surface area contributed by atoms with E-state index < -0.39 is 0 Å². The highest BCUT2D eigenvalue weighted by Gasteiger charge is 2.34. The van der Waals surface area contributed by atoms with Gasteiger partial charge in [-0.1, -0.05) is 36.2 Å². The van der Waals surface area contributed by atoms with Crippen LogP contribution in [0.1, 0.15) is 51.5 Å². The molecule has 1 saturated carbocycles. The van der Waals surface area contributed by atoms with Gasteiger partial charge in [0, 0.05) is 22.2 Å². The van der Waals surface area contributed by atoms with E-state index >= 15 is 0 Å². The van der Waals surface area contributed by atoms with Crippen LogP contribution in [0.5, 0.6) is 0 Å². The normalized spacial score (nSPS) is 26.1. The molecule has 1 fully saturated rings. The average molecular weight is 339 g/mol. The van der Waals surface area contributed by atoms with E-state index in [1.807, 2.05) is 0 Å². The van der Waals surface area contributed by atoms with Crippen molar-refractivity contribution in [2.75, 3.05) is 11.9 Å². The van der Waals surface area contributed by atoms with E-state index in [1.54, 1.807) is 0 Å². The number of nitrogens with two attached hydrogens (primary N) is 1. The average Bonchev–Trinajstić information content (AvgIpc) is 2.48. The molecule has 2 nitrogen and oxygen atoms in total. The van der Waals surface area contributed by atoms with Crippen LogP contribution in [-0.4, -0.2) is 12.1 Å². The molecule has 1 unspecified atom stereocenters. The van der Waals surface area contributed by atoms with Crippen LogP contribution < -0.4 is 11.1 Å². The third-order valence-electron chi connectivity index (χ3n) is 4.63. The van der Waals surface area contributed by atoms with Gasteiger partial charge in [0.05, 0.1) is 0 Å². The van der Waals surface area contributed by atoms with Crippen molar-refractivity contribution < 1.29 is 0 Å². The van der Waals surface area contributed by atoms with E-state index in [2.05, 4.69) is 60.2 Å². The maximum Gasteiger partial charge on any atom is 0.0495 e. The molecule has 0 amide bonds. The predicted octanol–water partition coefficient (Wildman–Crippen LogP) is 4.86. The quantitative estimate of drug-likeness (QED) is 0.772. The van der Waals surface area contributed by atoms with E-state index in [4.69, 9.17) is 5.73 Å². The maximum atomic E-state index is 6.15. The molecule has 0 saturated heterocycles. The monoisotopic (exact) mass is 338 g/mol. The van der Waals surface area contributed by atoms with E-state index in [-0.39, 0.29) is 5.54 Å². The minimum atomic E-state index is 0.0566. The zero-order valence-electron chi connectivity index (χ0n) is 12.9. The van der Waals surface area contributed by atoms with Crippen molar-refractivity contribution in [3.8, 4) is 0 Å². The van der Waals surface area contributed by atoms with Crippen molar-refractivity contribution in [3.63, 3.8) is 0 Å². The lowest BCUT2D eigenvalue weighted by molar-refractivity contribution is 0.305. The smallest absolute Gasteiger partial charge is 0.0495 e. The number of anilines is 1. The third kappa shape index (κ3) is 3.98. The first-order valence-corrected chi connectivity index (χ1v) is 8.39. The van der Waals surface area contributed by atoms with Gasteiger partial charge in [0.1, 0.15) is 0 Å². The molecule has 1 aliphatic rings. The maximum absolute atomic E-state index is 6.15. The molecule has 1 aromatic carbocycles. The Hall–Kier alpha value is -0.540. The van der Waals surface area contributed by atoms with Crippen molar-refractivity contribution in [2.45, 2.75) is 58.4 Å². The van der Waals surface area contributed by atoms with Gasteiger partial charge in [0.15, 0.2) is 0 Å². The highest BCUT2D eigenvalue weighted by atomic mass is 79.9. The number of hydrogen-bond donors (Lipinski definition) is 2. The van der Waals surface area contributed by atoms with E-state index in [9.17, 15) is 0 Å². The molecule has 1 aliphatic carbocycles. The SMILES string of the molecule is Cc1cc(Br)cc(NC2(CN)CCCC(C)(C)CC2)c1. The molecule has 3 N–H and O–H groups in total. The van der Waals surface area contributed by atoms with Gasteiger partial charge in [0.25, 0.3) is 0 Å². The predicted molar refractivity (Wildman–Crippen MR) is 91.2 cm³/mol. The largest absolute Gasteiger partial charge is 0.378 e. The Morgan fingerprint density at radius 3 is 2.55 bits per heavy atom. The molecule has 0 aliphatic heterocycles. The Labute approximate surface area is 131 Å². The molecule has 1 atom stereocenters. The fourth-order valence-electron chi connectivity index (χ4n) is 3.23. The number of halogens is 1. The minimum absolute atomic E-state index is 0.0566. The van der Waals surface area contributed by atoms with Gasteiger partial charge in [-0.15, -0.1) is 0 Å². The van der Waals surface area contributed by atoms with Gasteiger partial charge in [-0.05, 0) is 61.8 Å². The number of aryl methyl sites for hydroxylation is 1. The Morgan fingerprint density at radius 1 is 1.15 bits per heavy atom. The van der Waals surface area contributed by atoms with E-state index in [0.29, 0.717) is 12.0 Å². The molecular formula is C17H27BrN2. The Balaban J connectivity index is 2.18. The summed E-state index contributed by atoms with van der Waals surface area (Å²) in [5.41, 5.74) is 9.10. The fraction of sp³-hybridized carbons (Fsp3) is 0.647. The third-order valence-corrected chi connectivity index (χ3v) is 5.09. The van der Waals surface area contributed by atoms with Gasteiger partial charge in [-0.3, -0.25) is 0 Å². The lowest BCUT2D eigenvalue weighted by Gasteiger charge is -2.34. The summed E-state index contributed by atoms with van der Waals surface area (Å²) >= 11 is 3.58. The van der Waals surface area contributed by atoms with Crippen LogP contribution in [-0.2, 0) is 0 Å². The first-order valence-electron chi connectivity index (χ1n) is 7.60. The molecule has 2 rings (SSSR count). The number of nitrogens with one attached hydrogen (secondary N) is 1. The lowest BCUT2D eigenvalue weighted by atomic mass is 9.83. The summed E-state index contributed by atoms with van der Waals surface area (Å²) in [5, 5.41) is 3.75. The van der Waals surface area contributed by atoms with Crippen LogP contribution in [0, 0.1) is 12.3 Å². The first-order chi connectivity index (χ1) is 9.34. The number of benzene rings is 1. The van der Waals surface area contributed by atoms with Gasteiger partial charge in [0.2, 0.25) is 0 Å². The Kier molecular flexibility index (Phi) is 4.80. The highest BCUT2D eigenvalue weighted by molar-refractivity contribution is 9.10. The molecule has 112 valence electrons. The summed E-state index contributed by atoms with van der Waals surface area (Å²) in [6.45, 7) is 7.58. The molecule has 0 bridgehead atoms. The summed E-state index contributed by atoms with van der Waals surface area (Å²) in [6.07, 6.45) is 6.11. The van der Waals surface area contributed by atoms with Crippen LogP contribution in [0.15, 0.2) is 22.7 Å². The molecule has 0 heterocycles. The summed E-state index contributed by atoms with van der Waals surface area (Å²) in [6, 6.07) is 6.50. The molecule has 3 heteroatoms. The standard InChI is InChI=1S/C17H27BrN2/c1-13-9-14(18)11-15(10-13)20-17(12-19)6-4-5-16(2,3)7-8-17/h9-11,20H,4-8,12,19H2,1-3H3. The highest BCUT2D eigenvalue weighted by Crippen LogP contribution is 2.39. The number of rotatable bonds is 3. The van der Waals surface area contributed by atoms with Crippen LogP contribution in [0.3, 0.4) is 0 Å². The molecular weight excluding hydrogens is 312 g/mol. The molecule has 0 aromatic heterocycles. The zero-order valence-corrected chi connectivity index (χ0v) is 14.5. The lowest BCUT2D eigenvalue weighted by Crippen LogP contribution is -2.45. The van der Waals surface area contributed by atoms with Crippen molar-refractivity contribution >= 4 is 21.6 Å². The molecule has 0 radical (unpaired) electrons.